The standard InChI is InChI=1S/C28H26F4N6O3S/c1-15-9-24(38(16(15)2)42(40,41)21-7-5-20(29)6-8-21)26(39)34-12-18-10-23(37-25(17-3-4-17)22(18)11-33)19-13-35-27(36-14-19)28(30,31)32/h5-8,10,13-17,24H,3-4,9,12H2,1-2H3,(H,34,39)/t15-,16+,24+/m1/s1. The predicted molar refractivity (Wildman–Crippen MR) is 141 cm³/mol. The number of aromatic nitrogens is 3. The van der Waals surface area contributed by atoms with Crippen LogP contribution >= 0.6 is 0 Å². The van der Waals surface area contributed by atoms with E-state index in [0.29, 0.717) is 11.3 Å². The van der Waals surface area contributed by atoms with Crippen LogP contribution in [-0.2, 0) is 27.5 Å². The first kappa shape index (κ1) is 29.5. The number of rotatable bonds is 7. The van der Waals surface area contributed by atoms with Crippen molar-refractivity contribution in [2.45, 2.75) is 68.7 Å². The van der Waals surface area contributed by atoms with Gasteiger partial charge >= 0.3 is 6.18 Å². The lowest BCUT2D eigenvalue weighted by Gasteiger charge is -2.27. The van der Waals surface area contributed by atoms with Crippen molar-refractivity contribution in [2.75, 3.05) is 0 Å². The lowest BCUT2D eigenvalue weighted by molar-refractivity contribution is -0.145. The van der Waals surface area contributed by atoms with Crippen molar-refractivity contribution in [1.82, 2.24) is 24.6 Å². The molecular weight excluding hydrogens is 576 g/mol. The molecule has 0 spiro atoms. The van der Waals surface area contributed by atoms with Crippen molar-refractivity contribution in [2.24, 2.45) is 5.92 Å². The zero-order valence-electron chi connectivity index (χ0n) is 22.6. The number of amides is 1. The second-order valence-corrected chi connectivity index (χ2v) is 12.4. The summed E-state index contributed by atoms with van der Waals surface area (Å²) >= 11 is 0. The predicted octanol–water partition coefficient (Wildman–Crippen LogP) is 4.55. The number of hydrogen-bond acceptors (Lipinski definition) is 7. The Balaban J connectivity index is 1.43. The third kappa shape index (κ3) is 5.71. The van der Waals surface area contributed by atoms with Crippen molar-refractivity contribution in [1.29, 1.82) is 5.26 Å². The van der Waals surface area contributed by atoms with Crippen LogP contribution in [0.15, 0.2) is 47.6 Å². The fraction of sp³-hybridized carbons (Fsp3) is 0.393. The van der Waals surface area contributed by atoms with E-state index in [4.69, 9.17) is 0 Å². The zero-order chi connectivity index (χ0) is 30.4. The van der Waals surface area contributed by atoms with Gasteiger partial charge in [-0.3, -0.25) is 9.78 Å². The van der Waals surface area contributed by atoms with Crippen molar-refractivity contribution in [3.8, 4) is 17.3 Å². The maximum absolute atomic E-state index is 13.5. The number of sulfonamides is 1. The van der Waals surface area contributed by atoms with Gasteiger partial charge in [-0.2, -0.15) is 22.7 Å². The average molecular weight is 603 g/mol. The summed E-state index contributed by atoms with van der Waals surface area (Å²) in [6.45, 7) is 3.39. The molecule has 1 aliphatic heterocycles. The minimum atomic E-state index is -4.71. The summed E-state index contributed by atoms with van der Waals surface area (Å²) in [4.78, 5) is 24.6. The molecule has 1 aliphatic carbocycles. The molecule has 1 amide bonds. The Hall–Kier alpha value is -3.96. The Morgan fingerprint density at radius 2 is 1.79 bits per heavy atom. The molecule has 5 rings (SSSR count). The number of nitrogens with one attached hydrogen (secondary N) is 1. The van der Waals surface area contributed by atoms with Gasteiger partial charge in [0.15, 0.2) is 0 Å². The molecule has 2 aromatic heterocycles. The monoisotopic (exact) mass is 602 g/mol. The second-order valence-electron chi connectivity index (χ2n) is 10.6. The van der Waals surface area contributed by atoms with Crippen molar-refractivity contribution >= 4 is 15.9 Å². The van der Waals surface area contributed by atoms with E-state index in [1.807, 2.05) is 6.92 Å². The molecule has 1 N–H and O–H groups in total. The Bertz CT molecular complexity index is 1650. The molecule has 3 heterocycles. The maximum Gasteiger partial charge on any atom is 0.451 e. The van der Waals surface area contributed by atoms with E-state index in [0.717, 1.165) is 53.8 Å². The van der Waals surface area contributed by atoms with Crippen LogP contribution in [0.3, 0.4) is 0 Å². The van der Waals surface area contributed by atoms with Crippen LogP contribution in [0, 0.1) is 23.1 Å². The van der Waals surface area contributed by atoms with E-state index < -0.39 is 45.8 Å². The molecule has 2 fully saturated rings. The molecule has 0 unspecified atom stereocenters. The lowest BCUT2D eigenvalue weighted by Crippen LogP contribution is -2.48. The summed E-state index contributed by atoms with van der Waals surface area (Å²) in [7, 11) is -4.14. The number of pyridine rings is 1. The van der Waals surface area contributed by atoms with Gasteiger partial charge in [-0.05, 0) is 68.0 Å². The van der Waals surface area contributed by atoms with Gasteiger partial charge in [-0.15, -0.1) is 0 Å². The van der Waals surface area contributed by atoms with Gasteiger partial charge in [0.05, 0.1) is 21.8 Å². The molecule has 42 heavy (non-hydrogen) atoms. The summed E-state index contributed by atoms with van der Waals surface area (Å²) in [5.74, 6) is -2.62. The molecule has 1 aromatic carbocycles. The van der Waals surface area contributed by atoms with Gasteiger partial charge in [0, 0.05) is 36.5 Å². The van der Waals surface area contributed by atoms with Gasteiger partial charge in [-0.1, -0.05) is 6.92 Å². The van der Waals surface area contributed by atoms with E-state index in [1.165, 1.54) is 6.07 Å². The summed E-state index contributed by atoms with van der Waals surface area (Å²) < 4.78 is 80.4. The van der Waals surface area contributed by atoms with Gasteiger partial charge in [-0.25, -0.2) is 22.8 Å². The van der Waals surface area contributed by atoms with Crippen LogP contribution in [-0.4, -0.2) is 45.7 Å². The number of alkyl halides is 3. The highest BCUT2D eigenvalue weighted by atomic mass is 32.2. The minimum absolute atomic E-state index is 0.00251. The molecule has 2 aliphatic rings. The second kappa shape index (κ2) is 11.0. The fourth-order valence-corrected chi connectivity index (χ4v) is 7.01. The zero-order valence-corrected chi connectivity index (χ0v) is 23.4. The topological polar surface area (TPSA) is 129 Å². The fourth-order valence-electron chi connectivity index (χ4n) is 5.12. The molecule has 1 saturated carbocycles. The summed E-state index contributed by atoms with van der Waals surface area (Å²) in [6, 6.07) is 6.43. The molecule has 3 aromatic rings. The average Bonchev–Trinajstić information content (AvgIpc) is 3.75. The lowest BCUT2D eigenvalue weighted by atomic mass is 10.0. The molecule has 9 nitrogen and oxygen atoms in total. The Morgan fingerprint density at radius 1 is 1.14 bits per heavy atom. The molecule has 220 valence electrons. The van der Waals surface area contributed by atoms with Gasteiger partial charge in [0.1, 0.15) is 17.9 Å². The highest BCUT2D eigenvalue weighted by Crippen LogP contribution is 2.42. The highest BCUT2D eigenvalue weighted by molar-refractivity contribution is 7.89. The molecular formula is C28H26F4N6O3S. The Kier molecular flexibility index (Phi) is 7.76. The number of halogens is 4. The maximum atomic E-state index is 13.5. The number of carbonyl (C=O) groups is 1. The Labute approximate surface area is 239 Å². The van der Waals surface area contributed by atoms with Gasteiger partial charge in [0.25, 0.3) is 0 Å². The first-order valence-corrected chi connectivity index (χ1v) is 14.7. The number of carbonyl (C=O) groups excluding carboxylic acids is 1. The Morgan fingerprint density at radius 3 is 2.36 bits per heavy atom. The SMILES string of the molecule is C[C@@H]1C[C@@H](C(=O)NCc2cc(-c3cnc(C(F)(F)F)nc3)nc(C3CC3)c2C#N)N(S(=O)(=O)c2ccc(F)cc2)[C@H]1C. The third-order valence-corrected chi connectivity index (χ3v) is 9.69. The molecule has 3 atom stereocenters. The van der Waals surface area contributed by atoms with Gasteiger partial charge < -0.3 is 5.32 Å². The van der Waals surface area contributed by atoms with Gasteiger partial charge in [0.2, 0.25) is 21.8 Å². The first-order chi connectivity index (χ1) is 19.8. The number of nitriles is 1. The highest BCUT2D eigenvalue weighted by Gasteiger charge is 2.47. The van der Waals surface area contributed by atoms with E-state index in [1.54, 1.807) is 6.92 Å². The molecule has 0 bridgehead atoms. The van der Waals surface area contributed by atoms with Crippen molar-refractivity contribution in [3.05, 3.63) is 71.2 Å². The molecule has 0 radical (unpaired) electrons. The number of hydrogen-bond donors (Lipinski definition) is 1. The summed E-state index contributed by atoms with van der Waals surface area (Å²) in [5, 5.41) is 12.7. The van der Waals surface area contributed by atoms with Crippen LogP contribution in [0.5, 0.6) is 0 Å². The molecule has 1 saturated heterocycles. The van der Waals surface area contributed by atoms with Crippen molar-refractivity contribution in [3.63, 3.8) is 0 Å². The van der Waals surface area contributed by atoms with Crippen LogP contribution in [0.4, 0.5) is 17.6 Å². The van der Waals surface area contributed by atoms with E-state index in [-0.39, 0.29) is 46.5 Å². The van der Waals surface area contributed by atoms with Crippen molar-refractivity contribution < 1.29 is 30.8 Å². The summed E-state index contributed by atoms with van der Waals surface area (Å²) in [6.07, 6.45) is -0.886. The van der Waals surface area contributed by atoms with Crippen LogP contribution in [0.25, 0.3) is 11.3 Å². The largest absolute Gasteiger partial charge is 0.451 e. The van der Waals surface area contributed by atoms with Crippen LogP contribution in [0.2, 0.25) is 0 Å². The third-order valence-electron chi connectivity index (χ3n) is 7.68. The first-order valence-electron chi connectivity index (χ1n) is 13.2. The normalized spacial score (nSPS) is 21.2. The number of benzene rings is 1. The quantitative estimate of drug-likeness (QED) is 0.393. The van der Waals surface area contributed by atoms with E-state index in [2.05, 4.69) is 26.3 Å². The smallest absolute Gasteiger partial charge is 0.351 e. The van der Waals surface area contributed by atoms with E-state index in [9.17, 15) is 36.0 Å². The number of nitrogens with zero attached hydrogens (tertiary/aromatic N) is 5. The van der Waals surface area contributed by atoms with E-state index >= 15 is 0 Å². The van der Waals surface area contributed by atoms with Crippen LogP contribution in [0.1, 0.15) is 61.7 Å². The summed E-state index contributed by atoms with van der Waals surface area (Å²) in [5.41, 5.74) is 1.56. The molecule has 14 heteroatoms. The minimum Gasteiger partial charge on any atom is -0.351 e. The van der Waals surface area contributed by atoms with Crippen LogP contribution < -0.4 is 5.32 Å².